The van der Waals surface area contributed by atoms with E-state index in [4.69, 9.17) is 32.9 Å². The molecular weight excluding hydrogens is 433 g/mol. The van der Waals surface area contributed by atoms with Crippen LogP contribution in [0.1, 0.15) is 18.4 Å². The molecule has 1 aliphatic rings. The molecule has 0 N–H and O–H groups in total. The van der Waals surface area contributed by atoms with Gasteiger partial charge in [0.1, 0.15) is 11.6 Å². The maximum absolute atomic E-state index is 12.6. The van der Waals surface area contributed by atoms with Crippen molar-refractivity contribution in [2.75, 3.05) is 37.7 Å². The third-order valence-electron chi connectivity index (χ3n) is 5.55. The first kappa shape index (κ1) is 21.7. The number of carbonyl (C=O) groups is 1. The minimum Gasteiger partial charge on any atom is -0.492 e. The average Bonchev–Trinajstić information content (AvgIpc) is 2.78. The van der Waals surface area contributed by atoms with E-state index in [0.717, 1.165) is 24.4 Å². The van der Waals surface area contributed by atoms with Gasteiger partial charge in [-0.05, 0) is 49.2 Å². The van der Waals surface area contributed by atoms with Gasteiger partial charge in [-0.25, -0.2) is 4.98 Å². The molecule has 1 aliphatic heterocycles. The second kappa shape index (κ2) is 9.75. The number of nitrogens with zero attached hydrogens (tertiary/aromatic N) is 3. The molecule has 162 valence electrons. The van der Waals surface area contributed by atoms with Crippen LogP contribution in [0.2, 0.25) is 10.0 Å². The fourth-order valence-electron chi connectivity index (χ4n) is 3.83. The first-order valence-corrected chi connectivity index (χ1v) is 11.2. The standard InChI is InChI=1S/C24H25Cl2N3O2/c1-17-15-23(27-21-6-3-2-5-19(17)21)28-10-12-29(13-11-28)24(30)7-4-14-31-22-9-8-18(25)16-20(22)26/h2-3,5-6,8-9,15-16H,4,7,10-14H2,1H3. The largest absolute Gasteiger partial charge is 0.492 e. The number of halogens is 2. The highest BCUT2D eigenvalue weighted by Gasteiger charge is 2.22. The van der Waals surface area contributed by atoms with Gasteiger partial charge < -0.3 is 14.5 Å². The topological polar surface area (TPSA) is 45.7 Å². The maximum Gasteiger partial charge on any atom is 0.222 e. The number of ether oxygens (including phenoxy) is 1. The minimum absolute atomic E-state index is 0.160. The maximum atomic E-state index is 12.6. The third kappa shape index (κ3) is 5.23. The lowest BCUT2D eigenvalue weighted by Gasteiger charge is -2.35. The number of pyridine rings is 1. The van der Waals surface area contributed by atoms with Crippen LogP contribution >= 0.6 is 23.2 Å². The molecule has 1 fully saturated rings. The Kier molecular flexibility index (Phi) is 6.83. The summed E-state index contributed by atoms with van der Waals surface area (Å²) in [4.78, 5) is 21.6. The van der Waals surface area contributed by atoms with Crippen LogP contribution in [0.3, 0.4) is 0 Å². The summed E-state index contributed by atoms with van der Waals surface area (Å²) in [6.07, 6.45) is 1.10. The third-order valence-corrected chi connectivity index (χ3v) is 6.08. The van der Waals surface area contributed by atoms with Crippen molar-refractivity contribution in [2.24, 2.45) is 0 Å². The molecule has 0 bridgehead atoms. The molecule has 5 nitrogen and oxygen atoms in total. The predicted molar refractivity (Wildman–Crippen MR) is 126 cm³/mol. The molecule has 0 aliphatic carbocycles. The van der Waals surface area contributed by atoms with Crippen LogP contribution in [0.15, 0.2) is 48.5 Å². The highest BCUT2D eigenvalue weighted by molar-refractivity contribution is 6.35. The summed E-state index contributed by atoms with van der Waals surface area (Å²) in [6.45, 7) is 5.53. The second-order valence-corrected chi connectivity index (χ2v) is 8.55. The SMILES string of the molecule is Cc1cc(N2CCN(C(=O)CCCOc3ccc(Cl)cc3Cl)CC2)nc2ccccc12. The van der Waals surface area contributed by atoms with Crippen LogP contribution in [-0.4, -0.2) is 48.6 Å². The molecule has 2 aromatic carbocycles. The van der Waals surface area contributed by atoms with Gasteiger partial charge in [0.25, 0.3) is 0 Å². The zero-order valence-electron chi connectivity index (χ0n) is 17.5. The molecule has 4 rings (SSSR count). The quantitative estimate of drug-likeness (QED) is 0.467. The van der Waals surface area contributed by atoms with E-state index in [9.17, 15) is 4.79 Å². The molecular formula is C24H25Cl2N3O2. The number of fused-ring (bicyclic) bond motifs is 1. The summed E-state index contributed by atoms with van der Waals surface area (Å²) in [5.41, 5.74) is 2.23. The van der Waals surface area contributed by atoms with Crippen molar-refractivity contribution in [3.63, 3.8) is 0 Å². The highest BCUT2D eigenvalue weighted by Crippen LogP contribution is 2.27. The van der Waals surface area contributed by atoms with Crippen LogP contribution in [-0.2, 0) is 4.79 Å². The van der Waals surface area contributed by atoms with Crippen molar-refractivity contribution < 1.29 is 9.53 Å². The number of piperazine rings is 1. The van der Waals surface area contributed by atoms with E-state index in [1.807, 2.05) is 23.1 Å². The van der Waals surface area contributed by atoms with E-state index in [1.165, 1.54) is 10.9 Å². The highest BCUT2D eigenvalue weighted by atomic mass is 35.5. The molecule has 0 unspecified atom stereocenters. The number of carbonyl (C=O) groups excluding carboxylic acids is 1. The molecule has 0 radical (unpaired) electrons. The van der Waals surface area contributed by atoms with Crippen molar-refractivity contribution in [3.8, 4) is 5.75 Å². The lowest BCUT2D eigenvalue weighted by Crippen LogP contribution is -2.49. The van der Waals surface area contributed by atoms with E-state index < -0.39 is 0 Å². The Labute approximate surface area is 192 Å². The fourth-order valence-corrected chi connectivity index (χ4v) is 4.30. The van der Waals surface area contributed by atoms with Gasteiger partial charge in [-0.3, -0.25) is 4.79 Å². The van der Waals surface area contributed by atoms with E-state index in [0.29, 0.717) is 48.3 Å². The van der Waals surface area contributed by atoms with Crippen molar-refractivity contribution in [1.29, 1.82) is 0 Å². The van der Waals surface area contributed by atoms with Crippen LogP contribution < -0.4 is 9.64 Å². The van der Waals surface area contributed by atoms with Crippen molar-refractivity contribution >= 4 is 45.8 Å². The van der Waals surface area contributed by atoms with Crippen LogP contribution in [0.25, 0.3) is 10.9 Å². The Morgan fingerprint density at radius 3 is 2.61 bits per heavy atom. The summed E-state index contributed by atoms with van der Waals surface area (Å²) in [7, 11) is 0. The second-order valence-electron chi connectivity index (χ2n) is 7.71. The van der Waals surface area contributed by atoms with Gasteiger partial charge in [-0.2, -0.15) is 0 Å². The molecule has 31 heavy (non-hydrogen) atoms. The molecule has 1 amide bonds. The number of hydrogen-bond acceptors (Lipinski definition) is 4. The number of rotatable bonds is 6. The lowest BCUT2D eigenvalue weighted by atomic mass is 10.1. The van der Waals surface area contributed by atoms with Crippen molar-refractivity contribution in [2.45, 2.75) is 19.8 Å². The van der Waals surface area contributed by atoms with E-state index >= 15 is 0 Å². The van der Waals surface area contributed by atoms with Gasteiger partial charge in [0.15, 0.2) is 0 Å². The molecule has 0 atom stereocenters. The summed E-state index contributed by atoms with van der Waals surface area (Å²) < 4.78 is 5.67. The van der Waals surface area contributed by atoms with Crippen molar-refractivity contribution in [3.05, 3.63) is 64.1 Å². The zero-order chi connectivity index (χ0) is 21.8. The summed E-state index contributed by atoms with van der Waals surface area (Å²) >= 11 is 12.0. The number of benzene rings is 2. The lowest BCUT2D eigenvalue weighted by molar-refractivity contribution is -0.131. The fraction of sp³-hybridized carbons (Fsp3) is 0.333. The van der Waals surface area contributed by atoms with E-state index in [1.54, 1.807) is 18.2 Å². The van der Waals surface area contributed by atoms with Gasteiger partial charge in [0, 0.05) is 43.0 Å². The summed E-state index contributed by atoms with van der Waals surface area (Å²) in [6, 6.07) is 15.5. The van der Waals surface area contributed by atoms with Gasteiger partial charge in [-0.15, -0.1) is 0 Å². The molecule has 7 heteroatoms. The van der Waals surface area contributed by atoms with E-state index in [-0.39, 0.29) is 5.91 Å². The number of amides is 1. The van der Waals surface area contributed by atoms with Gasteiger partial charge in [0.05, 0.1) is 17.1 Å². The van der Waals surface area contributed by atoms with Gasteiger partial charge in [-0.1, -0.05) is 41.4 Å². The van der Waals surface area contributed by atoms with Crippen molar-refractivity contribution in [1.82, 2.24) is 9.88 Å². The Balaban J connectivity index is 1.25. The number of para-hydroxylation sites is 1. The first-order valence-electron chi connectivity index (χ1n) is 10.5. The molecule has 0 spiro atoms. The molecule has 3 aromatic rings. The minimum atomic E-state index is 0.160. The number of aryl methyl sites for hydroxylation is 1. The smallest absolute Gasteiger partial charge is 0.222 e. The molecule has 0 saturated carbocycles. The average molecular weight is 458 g/mol. The van der Waals surface area contributed by atoms with Crippen LogP contribution in [0.4, 0.5) is 5.82 Å². The Morgan fingerprint density at radius 1 is 1.06 bits per heavy atom. The van der Waals surface area contributed by atoms with Crippen LogP contribution in [0.5, 0.6) is 5.75 Å². The zero-order valence-corrected chi connectivity index (χ0v) is 19.0. The predicted octanol–water partition coefficient (Wildman–Crippen LogP) is 5.36. The van der Waals surface area contributed by atoms with Gasteiger partial charge in [0.2, 0.25) is 5.91 Å². The van der Waals surface area contributed by atoms with Gasteiger partial charge >= 0.3 is 0 Å². The first-order chi connectivity index (χ1) is 15.0. The number of hydrogen-bond donors (Lipinski definition) is 0. The monoisotopic (exact) mass is 457 g/mol. The normalized spacial score (nSPS) is 14.2. The number of anilines is 1. The Hall–Kier alpha value is -2.50. The molecule has 2 heterocycles. The summed E-state index contributed by atoms with van der Waals surface area (Å²) in [5.74, 6) is 1.73. The molecule has 1 aromatic heterocycles. The van der Waals surface area contributed by atoms with Crippen LogP contribution in [0, 0.1) is 6.92 Å². The Bertz CT molecular complexity index is 1080. The van der Waals surface area contributed by atoms with E-state index in [2.05, 4.69) is 24.0 Å². The summed E-state index contributed by atoms with van der Waals surface area (Å²) in [5, 5.41) is 2.23. The Morgan fingerprint density at radius 2 is 1.84 bits per heavy atom. The number of aromatic nitrogens is 1. The molecule has 1 saturated heterocycles.